The maximum Gasteiger partial charge on any atom is 1.00 e. The molecule has 0 unspecified atom stereocenters. The standard InChI is InChI=1S/N3.H4N2.Na/c1-3-2;1-2;/h;1-2H2;/q-1;;+1. The van der Waals surface area contributed by atoms with E-state index in [-0.39, 0.29) is 29.6 Å². The van der Waals surface area contributed by atoms with Crippen molar-refractivity contribution in [2.45, 2.75) is 0 Å². The fraction of sp³-hybridized carbons (Fsp3) is 0. The summed E-state index contributed by atoms with van der Waals surface area (Å²) in [7, 11) is 0. The van der Waals surface area contributed by atoms with Gasteiger partial charge in [0.25, 0.3) is 0 Å². The monoisotopic (exact) mass is 97.0 g/mol. The minimum absolute atomic E-state index is 0. The van der Waals surface area contributed by atoms with Crippen molar-refractivity contribution in [2.75, 3.05) is 0 Å². The number of hydrazine groups is 1. The molecule has 0 aromatic heterocycles. The van der Waals surface area contributed by atoms with E-state index < -0.39 is 0 Å². The maximum absolute atomic E-state index is 6.75. The molecule has 0 radical (unpaired) electrons. The van der Waals surface area contributed by atoms with Crippen LogP contribution < -0.4 is 41.2 Å². The zero-order valence-corrected chi connectivity index (χ0v) is 5.50. The van der Waals surface area contributed by atoms with E-state index in [4.69, 9.17) is 11.1 Å². The van der Waals surface area contributed by atoms with Crippen LogP contribution in [0.25, 0.3) is 16.0 Å². The van der Waals surface area contributed by atoms with Gasteiger partial charge in [-0.15, -0.1) is 0 Å². The van der Waals surface area contributed by atoms with E-state index in [0.29, 0.717) is 0 Å². The van der Waals surface area contributed by atoms with E-state index in [1.54, 1.807) is 0 Å². The molecule has 0 spiro atoms. The van der Waals surface area contributed by atoms with E-state index >= 15 is 0 Å². The maximum atomic E-state index is 6.75. The second-order valence-electron chi connectivity index (χ2n) is 0.0894. The van der Waals surface area contributed by atoms with Gasteiger partial charge in [0.2, 0.25) is 0 Å². The van der Waals surface area contributed by atoms with Crippen molar-refractivity contribution >= 4 is 0 Å². The minimum atomic E-state index is 0. The van der Waals surface area contributed by atoms with Crippen molar-refractivity contribution in [3.05, 3.63) is 16.0 Å². The van der Waals surface area contributed by atoms with Crippen molar-refractivity contribution in [1.29, 1.82) is 0 Å². The molecule has 0 saturated heterocycles. The van der Waals surface area contributed by atoms with Gasteiger partial charge in [-0.05, 0) is 0 Å². The Kier molecular flexibility index (Phi) is 168. The zero-order chi connectivity index (χ0) is 4.71. The Morgan fingerprint density at radius 1 is 1.17 bits per heavy atom. The van der Waals surface area contributed by atoms with Crippen LogP contribution in [0.1, 0.15) is 0 Å². The first-order valence-electron chi connectivity index (χ1n) is 0.733. The Morgan fingerprint density at radius 3 is 1.17 bits per heavy atom. The smallest absolute Gasteiger partial charge is 0.373 e. The van der Waals surface area contributed by atoms with Gasteiger partial charge in [0.15, 0.2) is 0 Å². The summed E-state index contributed by atoms with van der Waals surface area (Å²) >= 11 is 0. The molecule has 6 heavy (non-hydrogen) atoms. The van der Waals surface area contributed by atoms with Crippen molar-refractivity contribution in [1.82, 2.24) is 0 Å². The molecule has 0 amide bonds. The first kappa shape index (κ1) is 16.3. The van der Waals surface area contributed by atoms with Crippen molar-refractivity contribution < 1.29 is 29.6 Å². The summed E-state index contributed by atoms with van der Waals surface area (Å²) in [4.78, 5) is 1.50. The summed E-state index contributed by atoms with van der Waals surface area (Å²) in [6.45, 7) is 0. The fourth-order valence-electron chi connectivity index (χ4n) is 0. The second-order valence-corrected chi connectivity index (χ2v) is 0.0894. The molecule has 0 saturated carbocycles. The summed E-state index contributed by atoms with van der Waals surface area (Å²) in [5.41, 5.74) is 13.5. The van der Waals surface area contributed by atoms with Crippen LogP contribution in [-0.4, -0.2) is 0 Å². The van der Waals surface area contributed by atoms with Crippen LogP contribution in [-0.2, 0) is 0 Å². The molecule has 6 heteroatoms. The Morgan fingerprint density at radius 2 is 1.17 bits per heavy atom. The molecule has 0 rings (SSSR count). The van der Waals surface area contributed by atoms with Crippen molar-refractivity contribution in [3.8, 4) is 0 Å². The largest absolute Gasteiger partial charge is 1.00 e. The molecule has 0 aromatic rings. The third-order valence-corrected chi connectivity index (χ3v) is 0. The summed E-state index contributed by atoms with van der Waals surface area (Å²) in [5.74, 6) is 8.00. The Bertz CT molecular complexity index is 24.9. The van der Waals surface area contributed by atoms with E-state index in [9.17, 15) is 0 Å². The van der Waals surface area contributed by atoms with E-state index in [1.165, 1.54) is 4.91 Å². The van der Waals surface area contributed by atoms with Crippen LogP contribution in [0.5, 0.6) is 0 Å². The molecule has 0 fully saturated rings. The first-order chi connectivity index (χ1) is 2.41. The van der Waals surface area contributed by atoms with Gasteiger partial charge < -0.3 is 11.1 Å². The van der Waals surface area contributed by atoms with E-state index in [2.05, 4.69) is 11.7 Å². The molecule has 0 aliphatic heterocycles. The van der Waals surface area contributed by atoms with Crippen LogP contribution in [0.2, 0.25) is 0 Å². The zero-order valence-electron chi connectivity index (χ0n) is 3.50. The minimum Gasteiger partial charge on any atom is -0.373 e. The first-order valence-corrected chi connectivity index (χ1v) is 0.733. The van der Waals surface area contributed by atoms with Gasteiger partial charge >= 0.3 is 29.6 Å². The predicted molar refractivity (Wildman–Crippen MR) is 18.5 cm³/mol. The molecule has 0 atom stereocenters. The molecular formula is H4N5Na. The van der Waals surface area contributed by atoms with Gasteiger partial charge in [-0.3, -0.25) is 16.6 Å². The molecule has 4 N–H and O–H groups in total. The Balaban J connectivity index is -0.0000000275. The summed E-state index contributed by atoms with van der Waals surface area (Å²) in [6.07, 6.45) is 0. The molecule has 5 nitrogen and oxygen atoms in total. The van der Waals surface area contributed by atoms with Crippen LogP contribution >= 0.6 is 0 Å². The average Bonchev–Trinajstić information content (AvgIpc) is 1.46. The van der Waals surface area contributed by atoms with E-state index in [0.717, 1.165) is 0 Å². The average molecular weight is 97.1 g/mol. The van der Waals surface area contributed by atoms with Gasteiger partial charge in [0.1, 0.15) is 0 Å². The fourth-order valence-corrected chi connectivity index (χ4v) is 0. The summed E-state index contributed by atoms with van der Waals surface area (Å²) in [6, 6.07) is 0. The number of nitrogens with two attached hydrogens (primary N) is 2. The summed E-state index contributed by atoms with van der Waals surface area (Å²) < 4.78 is 0. The van der Waals surface area contributed by atoms with Crippen molar-refractivity contribution in [3.63, 3.8) is 0 Å². The second kappa shape index (κ2) is 61.9. The molecule has 0 bridgehead atoms. The normalized spacial score (nSPS) is 2.33. The van der Waals surface area contributed by atoms with Crippen molar-refractivity contribution in [2.24, 2.45) is 11.7 Å². The third-order valence-electron chi connectivity index (χ3n) is 0. The molecule has 0 aliphatic rings. The number of nitrogens with zero attached hydrogens (tertiary/aromatic N) is 3. The third kappa shape index (κ3) is 834. The number of rotatable bonds is 0. The van der Waals surface area contributed by atoms with Gasteiger partial charge in [0, 0.05) is 0 Å². The van der Waals surface area contributed by atoms with Crippen LogP contribution in [0, 0.1) is 0 Å². The SMILES string of the molecule is NN.[N-]=[N+]=[N-].[Na+]. The van der Waals surface area contributed by atoms with Gasteiger partial charge in [-0.2, -0.15) is 0 Å². The predicted octanol–water partition coefficient (Wildman–Crippen LogP) is -3.31. The van der Waals surface area contributed by atoms with Crippen LogP contribution in [0.15, 0.2) is 0 Å². The Hall–Kier alpha value is 0.230. The van der Waals surface area contributed by atoms with E-state index in [1.807, 2.05) is 0 Å². The van der Waals surface area contributed by atoms with Gasteiger partial charge in [-0.25, -0.2) is 0 Å². The number of hydrogen-bond donors (Lipinski definition) is 2. The molecule has 0 heterocycles. The molecule has 0 aliphatic carbocycles. The topological polar surface area (TPSA) is 111 Å². The van der Waals surface area contributed by atoms with Gasteiger partial charge in [-0.1, -0.05) is 0 Å². The number of hydrogen-bond acceptors (Lipinski definition) is 2. The summed E-state index contributed by atoms with van der Waals surface area (Å²) in [5, 5.41) is 0. The Labute approximate surface area is 57.4 Å². The molecule has 0 aromatic carbocycles. The molecule has 30 valence electrons. The quantitative estimate of drug-likeness (QED) is 0.0823. The van der Waals surface area contributed by atoms with Crippen LogP contribution in [0.4, 0.5) is 0 Å². The van der Waals surface area contributed by atoms with Gasteiger partial charge in [0.05, 0.1) is 0 Å². The molecular weight excluding hydrogens is 93.0 g/mol. The van der Waals surface area contributed by atoms with Crippen LogP contribution in [0.3, 0.4) is 0 Å².